The van der Waals surface area contributed by atoms with Crippen molar-refractivity contribution in [2.24, 2.45) is 0 Å². The highest BCUT2D eigenvalue weighted by atomic mass is 19.1. The molecule has 2 rings (SSSR count). The van der Waals surface area contributed by atoms with Gasteiger partial charge in [-0.3, -0.25) is 15.0 Å². The zero-order valence-electron chi connectivity index (χ0n) is 9.88. The Morgan fingerprint density at radius 2 is 2.33 bits per heavy atom. The number of nitro benzene ring substituents is 1. The number of piperidine rings is 1. The molecule has 1 saturated heterocycles. The van der Waals surface area contributed by atoms with E-state index in [9.17, 15) is 19.6 Å². The largest absolute Gasteiger partial charge is 0.392 e. The lowest BCUT2D eigenvalue weighted by molar-refractivity contribution is -0.385. The summed E-state index contributed by atoms with van der Waals surface area (Å²) in [6.07, 6.45) is 1.21. The zero-order valence-corrected chi connectivity index (χ0v) is 9.88. The summed E-state index contributed by atoms with van der Waals surface area (Å²) >= 11 is 0. The van der Waals surface area contributed by atoms with Crippen molar-refractivity contribution < 1.29 is 14.4 Å². The summed E-state index contributed by atoms with van der Waals surface area (Å²) in [4.78, 5) is 12.3. The van der Waals surface area contributed by atoms with E-state index in [2.05, 4.69) is 0 Å². The van der Waals surface area contributed by atoms with Crippen LogP contribution >= 0.6 is 0 Å². The summed E-state index contributed by atoms with van der Waals surface area (Å²) in [6, 6.07) is 3.47. The normalized spacial score (nSPS) is 20.9. The minimum atomic E-state index is -0.505. The maximum Gasteiger partial charge on any atom is 0.274 e. The van der Waals surface area contributed by atoms with Crippen LogP contribution in [0.15, 0.2) is 18.2 Å². The van der Waals surface area contributed by atoms with Gasteiger partial charge in [0.15, 0.2) is 0 Å². The van der Waals surface area contributed by atoms with Crippen LogP contribution in [0.1, 0.15) is 18.4 Å². The Hall–Kier alpha value is -1.53. The molecule has 1 aromatic rings. The van der Waals surface area contributed by atoms with Crippen molar-refractivity contribution in [3.05, 3.63) is 39.7 Å². The van der Waals surface area contributed by atoms with Crippen molar-refractivity contribution >= 4 is 5.69 Å². The second-order valence-electron chi connectivity index (χ2n) is 4.56. The molecule has 0 unspecified atom stereocenters. The molecule has 0 aliphatic carbocycles. The molecule has 0 radical (unpaired) electrons. The van der Waals surface area contributed by atoms with Crippen LogP contribution < -0.4 is 0 Å². The molecule has 6 heteroatoms. The average molecular weight is 254 g/mol. The third-order valence-corrected chi connectivity index (χ3v) is 3.11. The van der Waals surface area contributed by atoms with Crippen molar-refractivity contribution in [3.8, 4) is 0 Å². The van der Waals surface area contributed by atoms with Gasteiger partial charge in [-0.25, -0.2) is 4.39 Å². The molecule has 0 aromatic heterocycles. The molecule has 18 heavy (non-hydrogen) atoms. The van der Waals surface area contributed by atoms with Crippen molar-refractivity contribution in [1.82, 2.24) is 4.90 Å². The van der Waals surface area contributed by atoms with Crippen LogP contribution in [0.3, 0.4) is 0 Å². The highest BCUT2D eigenvalue weighted by Gasteiger charge is 2.21. The number of halogens is 1. The third kappa shape index (κ3) is 3.02. The number of β-amino-alcohol motifs (C(OH)–C–C–N with tert-alkyl or cyclic N) is 1. The summed E-state index contributed by atoms with van der Waals surface area (Å²) in [6.45, 7) is 1.55. The van der Waals surface area contributed by atoms with Gasteiger partial charge >= 0.3 is 0 Å². The van der Waals surface area contributed by atoms with Gasteiger partial charge in [-0.2, -0.15) is 0 Å². The smallest absolute Gasteiger partial charge is 0.274 e. The first-order valence-corrected chi connectivity index (χ1v) is 5.89. The lowest BCUT2D eigenvalue weighted by Gasteiger charge is -2.29. The van der Waals surface area contributed by atoms with Gasteiger partial charge in [0.2, 0.25) is 0 Å². The first kappa shape index (κ1) is 12.9. The fraction of sp³-hybridized carbons (Fsp3) is 0.500. The van der Waals surface area contributed by atoms with E-state index in [4.69, 9.17) is 0 Å². The monoisotopic (exact) mass is 254 g/mol. The van der Waals surface area contributed by atoms with E-state index in [1.807, 2.05) is 4.90 Å². The molecular formula is C12H15FN2O3. The summed E-state index contributed by atoms with van der Waals surface area (Å²) in [5.41, 5.74) is 0.283. The van der Waals surface area contributed by atoms with Gasteiger partial charge in [0.25, 0.3) is 5.69 Å². The first-order chi connectivity index (χ1) is 8.56. The fourth-order valence-corrected chi connectivity index (χ4v) is 2.27. The van der Waals surface area contributed by atoms with Crippen LogP contribution in [0.2, 0.25) is 0 Å². The van der Waals surface area contributed by atoms with Crippen LogP contribution in [0.4, 0.5) is 10.1 Å². The molecule has 1 aliphatic rings. The molecule has 0 amide bonds. The highest BCUT2D eigenvalue weighted by molar-refractivity contribution is 5.40. The zero-order chi connectivity index (χ0) is 13.1. The molecule has 1 N–H and O–H groups in total. The van der Waals surface area contributed by atoms with E-state index in [1.54, 1.807) is 0 Å². The summed E-state index contributed by atoms with van der Waals surface area (Å²) in [7, 11) is 0. The minimum absolute atomic E-state index is 0.0727. The SMILES string of the molecule is O=[N+]([O-])c1ccc(F)cc1CN1CCC[C@H](O)C1. The van der Waals surface area contributed by atoms with E-state index >= 15 is 0 Å². The van der Waals surface area contributed by atoms with Crippen LogP contribution in [0.25, 0.3) is 0 Å². The lowest BCUT2D eigenvalue weighted by Crippen LogP contribution is -2.37. The number of likely N-dealkylation sites (tertiary alicyclic amines) is 1. The minimum Gasteiger partial charge on any atom is -0.392 e. The van der Waals surface area contributed by atoms with Gasteiger partial charge in [-0.1, -0.05) is 0 Å². The fourth-order valence-electron chi connectivity index (χ4n) is 2.27. The number of benzene rings is 1. The molecule has 1 fully saturated rings. The number of hydrogen-bond donors (Lipinski definition) is 1. The molecule has 0 bridgehead atoms. The van der Waals surface area contributed by atoms with Crippen molar-refractivity contribution in [3.63, 3.8) is 0 Å². The molecule has 5 nitrogen and oxygen atoms in total. The van der Waals surface area contributed by atoms with Gasteiger partial charge in [-0.15, -0.1) is 0 Å². The maximum absolute atomic E-state index is 13.2. The Morgan fingerprint density at radius 3 is 3.00 bits per heavy atom. The highest BCUT2D eigenvalue weighted by Crippen LogP contribution is 2.22. The Morgan fingerprint density at radius 1 is 1.56 bits per heavy atom. The summed E-state index contributed by atoms with van der Waals surface area (Å²) in [5, 5.41) is 20.4. The molecule has 1 heterocycles. The molecule has 0 spiro atoms. The van der Waals surface area contributed by atoms with Gasteiger partial charge in [0.1, 0.15) is 5.82 Å². The van der Waals surface area contributed by atoms with Crippen molar-refractivity contribution in [2.75, 3.05) is 13.1 Å². The first-order valence-electron chi connectivity index (χ1n) is 5.89. The Balaban J connectivity index is 2.16. The number of aliphatic hydroxyl groups excluding tert-OH is 1. The quantitative estimate of drug-likeness (QED) is 0.658. The predicted molar refractivity (Wildman–Crippen MR) is 63.6 cm³/mol. The van der Waals surface area contributed by atoms with Crippen LogP contribution in [-0.4, -0.2) is 34.1 Å². The Kier molecular flexibility index (Phi) is 3.88. The Bertz CT molecular complexity index is 453. The van der Waals surface area contributed by atoms with Crippen molar-refractivity contribution in [1.29, 1.82) is 0 Å². The second-order valence-corrected chi connectivity index (χ2v) is 4.56. The summed E-state index contributed by atoms with van der Waals surface area (Å²) in [5.74, 6) is -0.479. The number of aliphatic hydroxyl groups is 1. The molecule has 0 saturated carbocycles. The molecule has 1 aliphatic heterocycles. The van der Waals surface area contributed by atoms with Gasteiger partial charge in [0, 0.05) is 24.7 Å². The third-order valence-electron chi connectivity index (χ3n) is 3.11. The molecular weight excluding hydrogens is 239 g/mol. The van der Waals surface area contributed by atoms with E-state index in [0.29, 0.717) is 18.7 Å². The summed E-state index contributed by atoms with van der Waals surface area (Å²) < 4.78 is 13.2. The van der Waals surface area contributed by atoms with E-state index < -0.39 is 16.8 Å². The Labute approximate surface area is 104 Å². The molecule has 1 aromatic carbocycles. The second kappa shape index (κ2) is 5.41. The van der Waals surface area contributed by atoms with Crippen LogP contribution in [-0.2, 0) is 6.54 Å². The predicted octanol–water partition coefficient (Wildman–Crippen LogP) is 1.69. The standard InChI is InChI=1S/C12H15FN2O3/c13-10-3-4-12(15(17)18)9(6-10)7-14-5-1-2-11(16)8-14/h3-4,6,11,16H,1-2,5,7-8H2/t11-/m0/s1. The number of rotatable bonds is 3. The van der Waals surface area contributed by atoms with Gasteiger partial charge in [-0.05, 0) is 31.5 Å². The van der Waals surface area contributed by atoms with Crippen LogP contribution in [0.5, 0.6) is 0 Å². The van der Waals surface area contributed by atoms with E-state index in [-0.39, 0.29) is 5.69 Å². The number of hydrogen-bond acceptors (Lipinski definition) is 4. The lowest BCUT2D eigenvalue weighted by atomic mass is 10.1. The van der Waals surface area contributed by atoms with Crippen LogP contribution in [0, 0.1) is 15.9 Å². The van der Waals surface area contributed by atoms with E-state index in [0.717, 1.165) is 25.5 Å². The topological polar surface area (TPSA) is 66.6 Å². The molecule has 1 atom stereocenters. The number of nitrogens with zero attached hydrogens (tertiary/aromatic N) is 2. The molecule has 98 valence electrons. The maximum atomic E-state index is 13.2. The van der Waals surface area contributed by atoms with Gasteiger partial charge in [0.05, 0.1) is 11.0 Å². The number of nitro groups is 1. The van der Waals surface area contributed by atoms with E-state index in [1.165, 1.54) is 12.1 Å². The average Bonchev–Trinajstić information content (AvgIpc) is 2.28. The van der Waals surface area contributed by atoms with Gasteiger partial charge < -0.3 is 5.11 Å². The van der Waals surface area contributed by atoms with Crippen molar-refractivity contribution in [2.45, 2.75) is 25.5 Å².